The summed E-state index contributed by atoms with van der Waals surface area (Å²) in [6, 6.07) is 8.31. The number of aromatic nitrogens is 2. The molecule has 0 fully saturated rings. The minimum Gasteiger partial charge on any atom is -0.493 e. The lowest BCUT2D eigenvalue weighted by molar-refractivity contribution is -0.140. The van der Waals surface area contributed by atoms with Crippen LogP contribution < -0.4 is 27.8 Å². The highest BCUT2D eigenvalue weighted by Gasteiger charge is 2.24. The van der Waals surface area contributed by atoms with Crippen LogP contribution in [0.4, 0.5) is 0 Å². The Morgan fingerprint density at radius 1 is 1.11 bits per heavy atom. The van der Waals surface area contributed by atoms with Gasteiger partial charge in [0.05, 0.1) is 12.1 Å². The van der Waals surface area contributed by atoms with Crippen molar-refractivity contribution in [1.82, 2.24) is 20.2 Å². The molecule has 0 radical (unpaired) electrons. The van der Waals surface area contributed by atoms with Gasteiger partial charge in [0.15, 0.2) is 5.96 Å². The van der Waals surface area contributed by atoms with Crippen LogP contribution in [-0.4, -0.2) is 62.6 Å². The molecule has 1 aromatic heterocycles. The second kappa shape index (κ2) is 13.4. The van der Waals surface area contributed by atoms with Gasteiger partial charge in [0.25, 0.3) is 0 Å². The second-order valence-electron chi connectivity index (χ2n) is 7.83. The number of rotatable bonds is 14. The third kappa shape index (κ3) is 9.23. The normalized spacial score (nSPS) is 11.4. The van der Waals surface area contributed by atoms with Crippen molar-refractivity contribution in [3.63, 3.8) is 0 Å². The quantitative estimate of drug-likeness (QED) is 0.0968. The Kier molecular flexibility index (Phi) is 10.3. The first-order valence-corrected chi connectivity index (χ1v) is 11.1. The molecule has 0 spiro atoms. The van der Waals surface area contributed by atoms with Gasteiger partial charge in [-0.2, -0.15) is 0 Å². The molecule has 190 valence electrons. The molecule has 2 aromatic rings. The number of carbonyl (C=O) groups is 3. The van der Waals surface area contributed by atoms with E-state index in [1.807, 2.05) is 30.3 Å². The lowest BCUT2D eigenvalue weighted by Gasteiger charge is -2.17. The minimum absolute atomic E-state index is 0.0758. The fraction of sp³-hybridized carbons (Fsp3) is 0.409. The van der Waals surface area contributed by atoms with E-state index in [0.717, 1.165) is 16.6 Å². The zero-order valence-electron chi connectivity index (χ0n) is 19.2. The van der Waals surface area contributed by atoms with Gasteiger partial charge < -0.3 is 37.3 Å². The van der Waals surface area contributed by atoms with Crippen molar-refractivity contribution in [3.8, 4) is 5.88 Å². The minimum atomic E-state index is -1.34. The number of imidazole rings is 1. The highest BCUT2D eigenvalue weighted by Crippen LogP contribution is 2.14. The first kappa shape index (κ1) is 27.0. The van der Waals surface area contributed by atoms with E-state index < -0.39 is 48.4 Å². The van der Waals surface area contributed by atoms with Gasteiger partial charge in [-0.3, -0.25) is 23.9 Å². The van der Waals surface area contributed by atoms with Crippen LogP contribution in [0.25, 0.3) is 0 Å². The number of H-pyrrole nitrogens is 1. The maximum atomic E-state index is 12.5. The molecule has 0 aliphatic carbocycles. The van der Waals surface area contributed by atoms with Crippen molar-refractivity contribution in [2.24, 2.45) is 16.5 Å². The van der Waals surface area contributed by atoms with Crippen LogP contribution in [0.3, 0.4) is 0 Å². The van der Waals surface area contributed by atoms with Crippen LogP contribution in [0.1, 0.15) is 30.5 Å². The van der Waals surface area contributed by atoms with Gasteiger partial charge in [-0.25, -0.2) is 4.79 Å². The molecule has 0 bridgehead atoms. The molecule has 35 heavy (non-hydrogen) atoms. The van der Waals surface area contributed by atoms with Crippen molar-refractivity contribution >= 4 is 23.7 Å². The van der Waals surface area contributed by atoms with Crippen molar-refractivity contribution in [3.05, 3.63) is 52.1 Å². The number of aromatic amines is 1. The number of amides is 2. The Hall–Kier alpha value is -4.29. The van der Waals surface area contributed by atoms with Crippen LogP contribution in [0.15, 0.2) is 40.1 Å². The number of aryl methyl sites for hydroxylation is 2. The van der Waals surface area contributed by atoms with E-state index in [0.29, 0.717) is 19.4 Å². The van der Waals surface area contributed by atoms with Gasteiger partial charge in [0.2, 0.25) is 17.7 Å². The van der Waals surface area contributed by atoms with Gasteiger partial charge >= 0.3 is 11.7 Å². The molecule has 2 amide bonds. The zero-order chi connectivity index (χ0) is 25.8. The molecule has 0 unspecified atom stereocenters. The van der Waals surface area contributed by atoms with Crippen LogP contribution >= 0.6 is 0 Å². The van der Waals surface area contributed by atoms with Gasteiger partial charge in [-0.05, 0) is 31.2 Å². The number of nitrogens with one attached hydrogen (secondary N) is 3. The first-order chi connectivity index (χ1) is 16.7. The maximum Gasteiger partial charge on any atom is 0.329 e. The van der Waals surface area contributed by atoms with Crippen molar-refractivity contribution in [1.29, 1.82) is 0 Å². The lowest BCUT2D eigenvalue weighted by atomic mass is 10.1. The Morgan fingerprint density at radius 3 is 2.49 bits per heavy atom. The van der Waals surface area contributed by atoms with Crippen LogP contribution in [0.5, 0.6) is 5.88 Å². The van der Waals surface area contributed by atoms with Crippen LogP contribution in [0.2, 0.25) is 0 Å². The molecule has 13 nitrogen and oxygen atoms in total. The number of hydrogen-bond acceptors (Lipinski definition) is 6. The molecular weight excluding hydrogens is 458 g/mol. The Bertz CT molecular complexity index is 1090. The summed E-state index contributed by atoms with van der Waals surface area (Å²) in [6.45, 7) is -0.0275. The van der Waals surface area contributed by atoms with E-state index in [4.69, 9.17) is 16.6 Å². The van der Waals surface area contributed by atoms with E-state index in [2.05, 4.69) is 20.6 Å². The summed E-state index contributed by atoms with van der Waals surface area (Å²) in [5.74, 6) is -3.25. The van der Waals surface area contributed by atoms with Crippen LogP contribution in [-0.2, 0) is 33.8 Å². The van der Waals surface area contributed by atoms with Gasteiger partial charge in [-0.15, -0.1) is 0 Å². The number of benzene rings is 1. The number of carboxylic acids is 1. The Morgan fingerprint density at radius 2 is 1.83 bits per heavy atom. The molecule has 13 heteroatoms. The molecule has 1 atom stereocenters. The monoisotopic (exact) mass is 489 g/mol. The summed E-state index contributed by atoms with van der Waals surface area (Å²) >= 11 is 0. The molecule has 0 saturated heterocycles. The smallest absolute Gasteiger partial charge is 0.329 e. The number of nitrogens with zero attached hydrogens (tertiary/aromatic N) is 2. The number of hydrogen-bond donors (Lipinski definition) is 7. The van der Waals surface area contributed by atoms with Crippen LogP contribution in [0, 0.1) is 0 Å². The summed E-state index contributed by atoms with van der Waals surface area (Å²) in [5, 5.41) is 24.4. The summed E-state index contributed by atoms with van der Waals surface area (Å²) in [7, 11) is 0. The number of nitrogens with two attached hydrogens (primary N) is 2. The standard InChI is InChI=1S/C22H31N7O6/c23-21(24)26-11-5-9-15-20(34)29(22(35)28-15)13-17(30)27-16(12-18(31)32)19(33)25-10-4-8-14-6-2-1-3-7-14/h1-3,6-7,16,34H,4-5,8-13H2,(H,25,33)(H,27,30)(H,28,35)(H,31,32)(H4,23,24,26)/t16-/m0/s1. The third-order valence-electron chi connectivity index (χ3n) is 5.02. The fourth-order valence-corrected chi connectivity index (χ4v) is 3.34. The number of guanidine groups is 1. The Labute approximate surface area is 201 Å². The second-order valence-corrected chi connectivity index (χ2v) is 7.83. The molecule has 1 heterocycles. The SMILES string of the molecule is NC(N)=NCCCc1[nH]c(=O)n(CC(=O)N[C@@H](CC(=O)O)C(=O)NCCCc2ccccc2)c1O. The van der Waals surface area contributed by atoms with Gasteiger partial charge in [0.1, 0.15) is 12.6 Å². The number of aromatic hydroxyl groups is 1. The lowest BCUT2D eigenvalue weighted by Crippen LogP contribution is -2.49. The number of aliphatic carboxylic acids is 1. The molecular formula is C22H31N7O6. The zero-order valence-corrected chi connectivity index (χ0v) is 19.2. The largest absolute Gasteiger partial charge is 0.493 e. The summed E-state index contributed by atoms with van der Waals surface area (Å²) in [4.78, 5) is 54.5. The highest BCUT2D eigenvalue weighted by molar-refractivity contribution is 5.90. The molecule has 0 aliphatic heterocycles. The third-order valence-corrected chi connectivity index (χ3v) is 5.02. The van der Waals surface area contributed by atoms with E-state index in [1.165, 1.54) is 0 Å². The van der Waals surface area contributed by atoms with Crippen molar-refractivity contribution in [2.75, 3.05) is 13.1 Å². The molecule has 0 aliphatic rings. The molecule has 2 rings (SSSR count). The van der Waals surface area contributed by atoms with Gasteiger partial charge in [0, 0.05) is 13.1 Å². The highest BCUT2D eigenvalue weighted by atomic mass is 16.4. The predicted molar refractivity (Wildman–Crippen MR) is 128 cm³/mol. The number of aliphatic imine (C=N–C) groups is 1. The van der Waals surface area contributed by atoms with Crippen molar-refractivity contribution < 1.29 is 24.6 Å². The van der Waals surface area contributed by atoms with Gasteiger partial charge in [-0.1, -0.05) is 30.3 Å². The molecule has 1 aromatic carbocycles. The van der Waals surface area contributed by atoms with E-state index >= 15 is 0 Å². The van der Waals surface area contributed by atoms with Crippen molar-refractivity contribution in [2.45, 2.75) is 44.7 Å². The summed E-state index contributed by atoms with van der Waals surface area (Å²) < 4.78 is 0.792. The molecule has 9 N–H and O–H groups in total. The number of carbonyl (C=O) groups excluding carboxylic acids is 2. The maximum absolute atomic E-state index is 12.5. The number of carboxylic acid groups (broad SMARTS) is 1. The average Bonchev–Trinajstić information content (AvgIpc) is 3.06. The van der Waals surface area contributed by atoms with E-state index in [9.17, 15) is 24.3 Å². The Balaban J connectivity index is 1.91. The van der Waals surface area contributed by atoms with E-state index in [-0.39, 0.29) is 24.6 Å². The topological polar surface area (TPSA) is 218 Å². The first-order valence-electron chi connectivity index (χ1n) is 11.1. The summed E-state index contributed by atoms with van der Waals surface area (Å²) in [5.41, 5.74) is 11.1. The fourth-order valence-electron chi connectivity index (χ4n) is 3.34. The van der Waals surface area contributed by atoms with E-state index in [1.54, 1.807) is 0 Å². The predicted octanol–water partition coefficient (Wildman–Crippen LogP) is -1.20. The molecule has 0 saturated carbocycles. The summed E-state index contributed by atoms with van der Waals surface area (Å²) in [6.07, 6.45) is 1.39. The average molecular weight is 490 g/mol.